The van der Waals surface area contributed by atoms with Crippen LogP contribution in [0.5, 0.6) is 0 Å². The number of carboxylic acids is 1. The fourth-order valence-electron chi connectivity index (χ4n) is 3.85. The number of para-hydroxylation sites is 2. The summed E-state index contributed by atoms with van der Waals surface area (Å²) in [5, 5.41) is 9.62. The molecule has 4 aromatic rings. The Morgan fingerprint density at radius 1 is 1.04 bits per heavy atom. The lowest BCUT2D eigenvalue weighted by Crippen LogP contribution is -2.32. The number of alkyl halides is 2. The number of halogens is 2. The van der Waals surface area contributed by atoms with E-state index in [2.05, 4.69) is 0 Å². The first-order valence-electron chi connectivity index (χ1n) is 8.90. The van der Waals surface area contributed by atoms with E-state index in [4.69, 9.17) is 5.11 Å². The van der Waals surface area contributed by atoms with Crippen LogP contribution in [0.1, 0.15) is 25.5 Å². The van der Waals surface area contributed by atoms with Gasteiger partial charge in [-0.3, -0.25) is 9.20 Å². The molecule has 0 radical (unpaired) electrons. The molecule has 144 valence electrons. The van der Waals surface area contributed by atoms with Crippen LogP contribution in [-0.4, -0.2) is 26.0 Å². The molecule has 0 unspecified atom stereocenters. The number of carboxylic acid groups (broad SMARTS) is 1. The normalized spacial score (nSPS) is 12.5. The summed E-state index contributed by atoms with van der Waals surface area (Å²) >= 11 is 0. The third-order valence-electron chi connectivity index (χ3n) is 5.01. The zero-order valence-corrected chi connectivity index (χ0v) is 15.3. The Labute approximate surface area is 158 Å². The highest BCUT2D eigenvalue weighted by Gasteiger charge is 2.40. The van der Waals surface area contributed by atoms with Crippen molar-refractivity contribution in [3.05, 3.63) is 64.4 Å². The van der Waals surface area contributed by atoms with Crippen LogP contribution in [-0.2, 0) is 11.2 Å². The zero-order valence-electron chi connectivity index (χ0n) is 15.3. The summed E-state index contributed by atoms with van der Waals surface area (Å²) < 4.78 is 31.8. The van der Waals surface area contributed by atoms with Gasteiger partial charge < -0.3 is 9.67 Å². The fourth-order valence-corrected chi connectivity index (χ4v) is 3.85. The summed E-state index contributed by atoms with van der Waals surface area (Å²) in [5.74, 6) is -6.15. The molecule has 2 heterocycles. The minimum atomic E-state index is -3.96. The van der Waals surface area contributed by atoms with Crippen molar-refractivity contribution >= 4 is 33.4 Å². The molecule has 0 amide bonds. The van der Waals surface area contributed by atoms with Gasteiger partial charge in [-0.05, 0) is 37.4 Å². The largest absolute Gasteiger partial charge is 0.477 e. The predicted octanol–water partition coefficient (Wildman–Crippen LogP) is 4.25. The number of imidazole rings is 1. The van der Waals surface area contributed by atoms with E-state index in [1.165, 1.54) is 4.40 Å². The number of rotatable bonds is 4. The van der Waals surface area contributed by atoms with Crippen molar-refractivity contribution in [1.82, 2.24) is 8.97 Å². The quantitative estimate of drug-likeness (QED) is 0.572. The van der Waals surface area contributed by atoms with Crippen molar-refractivity contribution < 1.29 is 18.7 Å². The van der Waals surface area contributed by atoms with Gasteiger partial charge in [0.15, 0.2) is 0 Å². The minimum absolute atomic E-state index is 0.132. The number of benzene rings is 2. The van der Waals surface area contributed by atoms with Crippen LogP contribution in [0.4, 0.5) is 8.78 Å². The summed E-state index contributed by atoms with van der Waals surface area (Å²) in [5.41, 5.74) is 1.46. The number of aromatic nitrogens is 2. The maximum Gasteiger partial charge on any atom is 0.374 e. The summed E-state index contributed by atoms with van der Waals surface area (Å²) in [6.45, 7) is 3.79. The molecule has 0 aliphatic heterocycles. The number of hydrogen-bond acceptors (Lipinski definition) is 2. The molecule has 0 bridgehead atoms. The average Bonchev–Trinajstić information content (AvgIpc) is 3.00. The van der Waals surface area contributed by atoms with Gasteiger partial charge >= 0.3 is 11.9 Å². The lowest BCUT2D eigenvalue weighted by Gasteiger charge is -2.18. The van der Waals surface area contributed by atoms with Crippen molar-refractivity contribution in [1.29, 1.82) is 0 Å². The number of hydrogen-bond donors (Lipinski definition) is 1. The van der Waals surface area contributed by atoms with E-state index in [0.29, 0.717) is 16.6 Å². The van der Waals surface area contributed by atoms with Crippen molar-refractivity contribution in [3.63, 3.8) is 0 Å². The molecule has 0 saturated carbocycles. The Kier molecular flexibility index (Phi) is 3.99. The van der Waals surface area contributed by atoms with Crippen molar-refractivity contribution in [2.75, 3.05) is 0 Å². The molecule has 1 N–H and O–H groups in total. The van der Waals surface area contributed by atoms with Crippen LogP contribution in [0.3, 0.4) is 0 Å². The topological polar surface area (TPSA) is 63.7 Å². The molecule has 0 spiro atoms. The van der Waals surface area contributed by atoms with E-state index in [-0.39, 0.29) is 22.6 Å². The lowest BCUT2D eigenvalue weighted by atomic mass is 10.0. The highest BCUT2D eigenvalue weighted by molar-refractivity contribution is 5.94. The first-order chi connectivity index (χ1) is 13.2. The third kappa shape index (κ3) is 2.50. The predicted molar refractivity (Wildman–Crippen MR) is 103 cm³/mol. The highest BCUT2D eigenvalue weighted by atomic mass is 19.3. The molecule has 2 aromatic carbocycles. The molecule has 7 heteroatoms. The molecule has 0 atom stereocenters. The summed E-state index contributed by atoms with van der Waals surface area (Å²) in [6, 6.07) is 13.5. The SMILES string of the molecule is CC(C)n1c2ccccc2n2c(=O)c3ccccc3c(CC(F)(F)C(=O)O)c12. The van der Waals surface area contributed by atoms with Crippen LogP contribution < -0.4 is 5.56 Å². The van der Waals surface area contributed by atoms with Crippen LogP contribution in [0, 0.1) is 0 Å². The zero-order chi connectivity index (χ0) is 20.2. The van der Waals surface area contributed by atoms with E-state index in [0.717, 1.165) is 5.52 Å². The Balaban J connectivity index is 2.29. The van der Waals surface area contributed by atoms with Crippen LogP contribution >= 0.6 is 0 Å². The molecule has 28 heavy (non-hydrogen) atoms. The maximum absolute atomic E-state index is 14.3. The highest BCUT2D eigenvalue weighted by Crippen LogP contribution is 2.33. The molecule has 5 nitrogen and oxygen atoms in total. The molecule has 0 saturated heterocycles. The van der Waals surface area contributed by atoms with Crippen molar-refractivity contribution in [2.24, 2.45) is 0 Å². The Bertz CT molecular complexity index is 1300. The monoisotopic (exact) mass is 384 g/mol. The van der Waals surface area contributed by atoms with E-state index < -0.39 is 18.3 Å². The van der Waals surface area contributed by atoms with Gasteiger partial charge in [0.1, 0.15) is 5.65 Å². The molecule has 0 fully saturated rings. The van der Waals surface area contributed by atoms with Gasteiger partial charge in [-0.15, -0.1) is 0 Å². The van der Waals surface area contributed by atoms with Crippen LogP contribution in [0.25, 0.3) is 27.5 Å². The third-order valence-corrected chi connectivity index (χ3v) is 5.01. The van der Waals surface area contributed by atoms with Gasteiger partial charge in [0.25, 0.3) is 5.56 Å². The van der Waals surface area contributed by atoms with Gasteiger partial charge in [0.2, 0.25) is 0 Å². The Morgan fingerprint density at radius 3 is 2.21 bits per heavy atom. The van der Waals surface area contributed by atoms with Crippen molar-refractivity contribution in [3.8, 4) is 0 Å². The van der Waals surface area contributed by atoms with E-state index in [1.54, 1.807) is 36.4 Å². The summed E-state index contributed by atoms with van der Waals surface area (Å²) in [7, 11) is 0. The van der Waals surface area contributed by atoms with Gasteiger partial charge in [0.05, 0.1) is 17.5 Å². The van der Waals surface area contributed by atoms with Crippen molar-refractivity contribution in [2.45, 2.75) is 32.2 Å². The second-order valence-electron chi connectivity index (χ2n) is 7.13. The molecular formula is C21H18F2N2O3. The minimum Gasteiger partial charge on any atom is -0.477 e. The fraction of sp³-hybridized carbons (Fsp3) is 0.238. The molecule has 0 aliphatic rings. The Hall–Kier alpha value is -3.22. The lowest BCUT2D eigenvalue weighted by molar-refractivity contribution is -0.164. The number of nitrogens with zero attached hydrogens (tertiary/aromatic N) is 2. The van der Waals surface area contributed by atoms with Gasteiger partial charge in [-0.25, -0.2) is 4.79 Å². The maximum atomic E-state index is 14.3. The van der Waals surface area contributed by atoms with Gasteiger partial charge in [-0.2, -0.15) is 8.78 Å². The van der Waals surface area contributed by atoms with E-state index >= 15 is 0 Å². The van der Waals surface area contributed by atoms with Gasteiger partial charge in [0, 0.05) is 17.0 Å². The molecule has 0 aliphatic carbocycles. The number of pyridine rings is 1. The van der Waals surface area contributed by atoms with Crippen LogP contribution in [0.15, 0.2) is 53.3 Å². The van der Waals surface area contributed by atoms with E-state index in [1.807, 2.05) is 30.5 Å². The first kappa shape index (κ1) is 18.2. The average molecular weight is 384 g/mol. The summed E-state index contributed by atoms with van der Waals surface area (Å²) in [6.07, 6.45) is -1.00. The number of carbonyl (C=O) groups is 1. The smallest absolute Gasteiger partial charge is 0.374 e. The number of aliphatic carboxylic acids is 1. The second kappa shape index (κ2) is 6.15. The molecule has 4 rings (SSSR count). The Morgan fingerprint density at radius 2 is 1.61 bits per heavy atom. The molecular weight excluding hydrogens is 366 g/mol. The number of fused-ring (bicyclic) bond motifs is 4. The summed E-state index contributed by atoms with van der Waals surface area (Å²) in [4.78, 5) is 24.4. The van der Waals surface area contributed by atoms with E-state index in [9.17, 15) is 18.4 Å². The van der Waals surface area contributed by atoms with Crippen LogP contribution in [0.2, 0.25) is 0 Å². The van der Waals surface area contributed by atoms with Gasteiger partial charge in [-0.1, -0.05) is 30.3 Å². The molecule has 2 aromatic heterocycles. The first-order valence-corrected chi connectivity index (χ1v) is 8.90. The second-order valence-corrected chi connectivity index (χ2v) is 7.13. The standard InChI is InChI=1S/C21H18F2N2O3/c1-12(2)24-16-9-5-6-10-17(16)25-18(24)15(11-21(22,23)20(27)28)13-7-3-4-8-14(13)19(25)26/h3-10,12H,11H2,1-2H3,(H,27,28).